The van der Waals surface area contributed by atoms with Crippen LogP contribution in [0.2, 0.25) is 5.02 Å². The Bertz CT molecular complexity index is 1360. The lowest BCUT2D eigenvalue weighted by molar-refractivity contribution is -0.121. The summed E-state index contributed by atoms with van der Waals surface area (Å²) >= 11 is 6.83. The molecule has 0 spiro atoms. The number of hydrogen-bond donors (Lipinski definition) is 1. The minimum atomic E-state index is -1.12. The average Bonchev–Trinajstić information content (AvgIpc) is 3.15. The number of carbonyl (C=O) groups is 5. The van der Waals surface area contributed by atoms with Gasteiger partial charge in [-0.2, -0.15) is 0 Å². The van der Waals surface area contributed by atoms with Gasteiger partial charge in [-0.3, -0.25) is 14.4 Å². The molecule has 10 heteroatoms. The number of benzene rings is 3. The molecule has 36 heavy (non-hydrogen) atoms. The van der Waals surface area contributed by atoms with Crippen LogP contribution in [0.15, 0.2) is 77.7 Å². The number of carboxylic acid groups (broad SMARTS) is 1. The summed E-state index contributed by atoms with van der Waals surface area (Å²) in [7, 11) is 0. The third-order valence-corrected chi connectivity index (χ3v) is 6.87. The first-order chi connectivity index (χ1) is 17.2. The summed E-state index contributed by atoms with van der Waals surface area (Å²) in [5, 5.41) is 9.06. The fourth-order valence-corrected chi connectivity index (χ4v) is 4.85. The van der Waals surface area contributed by atoms with Gasteiger partial charge in [0.15, 0.2) is 12.4 Å². The first-order valence-corrected chi connectivity index (χ1v) is 11.9. The van der Waals surface area contributed by atoms with Crippen LogP contribution in [-0.2, 0) is 14.3 Å². The van der Waals surface area contributed by atoms with Gasteiger partial charge >= 0.3 is 11.9 Å². The summed E-state index contributed by atoms with van der Waals surface area (Å²) in [4.78, 5) is 62.9. The molecule has 0 aliphatic carbocycles. The average molecular weight is 524 g/mol. The number of rotatable bonds is 8. The van der Waals surface area contributed by atoms with Crippen molar-refractivity contribution in [1.82, 2.24) is 0 Å². The van der Waals surface area contributed by atoms with Crippen molar-refractivity contribution < 1.29 is 33.8 Å². The van der Waals surface area contributed by atoms with Gasteiger partial charge in [-0.1, -0.05) is 23.7 Å². The number of ether oxygens (including phenoxy) is 1. The molecule has 4 rings (SSSR count). The first kappa shape index (κ1) is 25.2. The Morgan fingerprint density at radius 2 is 1.58 bits per heavy atom. The summed E-state index contributed by atoms with van der Waals surface area (Å²) in [6.07, 6.45) is -0.0892. The lowest BCUT2D eigenvalue weighted by atomic mass is 10.1. The van der Waals surface area contributed by atoms with Crippen LogP contribution in [0.1, 0.15) is 37.5 Å². The topological polar surface area (TPSA) is 118 Å². The molecule has 0 radical (unpaired) electrons. The third-order valence-electron chi connectivity index (χ3n) is 5.35. The van der Waals surface area contributed by atoms with Gasteiger partial charge in [0.1, 0.15) is 0 Å². The molecule has 1 unspecified atom stereocenters. The number of hydrogen-bond acceptors (Lipinski definition) is 7. The van der Waals surface area contributed by atoms with Crippen LogP contribution in [0.3, 0.4) is 0 Å². The number of esters is 1. The lowest BCUT2D eigenvalue weighted by Crippen LogP contribution is -2.31. The number of thioether (sulfide) groups is 1. The number of imide groups is 1. The lowest BCUT2D eigenvalue weighted by Gasteiger charge is -2.15. The molecule has 0 saturated carbocycles. The quantitative estimate of drug-likeness (QED) is 0.260. The van der Waals surface area contributed by atoms with E-state index in [1.165, 1.54) is 42.5 Å². The Morgan fingerprint density at radius 3 is 2.25 bits per heavy atom. The number of nitrogens with zero attached hydrogens (tertiary/aromatic N) is 1. The van der Waals surface area contributed by atoms with Crippen LogP contribution in [0.25, 0.3) is 0 Å². The zero-order chi connectivity index (χ0) is 25.8. The van der Waals surface area contributed by atoms with E-state index in [4.69, 9.17) is 16.3 Å². The number of carboxylic acids is 1. The fraction of sp³-hybridized carbons (Fsp3) is 0.115. The molecule has 1 N–H and O–H groups in total. The van der Waals surface area contributed by atoms with E-state index in [1.54, 1.807) is 30.3 Å². The highest BCUT2D eigenvalue weighted by Crippen LogP contribution is 2.35. The zero-order valence-electron chi connectivity index (χ0n) is 18.5. The van der Waals surface area contributed by atoms with E-state index in [0.717, 1.165) is 16.7 Å². The van der Waals surface area contributed by atoms with Crippen molar-refractivity contribution in [3.63, 3.8) is 0 Å². The predicted octanol–water partition coefficient (Wildman–Crippen LogP) is 4.50. The second kappa shape index (κ2) is 10.8. The second-order valence-electron chi connectivity index (χ2n) is 7.73. The van der Waals surface area contributed by atoms with Crippen molar-refractivity contribution in [2.75, 3.05) is 11.5 Å². The number of Topliss-reactive ketones (excluding diaryl/α,β-unsaturated/α-hetero) is 1. The standard InChI is InChI=1S/C26H18ClNO7S/c27-17-9-5-15(6-10-17)20(29)14-35-26(34)16-7-11-18(12-8-16)28-23(30)13-22(24(28)31)36-21-4-2-1-3-19(21)25(32)33/h1-12,22H,13-14H2,(H,32,33). The summed E-state index contributed by atoms with van der Waals surface area (Å²) < 4.78 is 5.08. The minimum Gasteiger partial charge on any atom is -0.478 e. The summed E-state index contributed by atoms with van der Waals surface area (Å²) in [5.74, 6) is -3.16. The van der Waals surface area contributed by atoms with E-state index in [2.05, 4.69) is 0 Å². The fourth-order valence-electron chi connectivity index (χ4n) is 3.55. The molecule has 3 aromatic carbocycles. The molecule has 1 aliphatic rings. The highest BCUT2D eigenvalue weighted by molar-refractivity contribution is 8.00. The van der Waals surface area contributed by atoms with E-state index in [-0.39, 0.29) is 23.2 Å². The normalized spacial score (nSPS) is 15.1. The monoisotopic (exact) mass is 523 g/mol. The van der Waals surface area contributed by atoms with Gasteiger partial charge < -0.3 is 9.84 Å². The van der Waals surface area contributed by atoms with Crippen LogP contribution in [0, 0.1) is 0 Å². The molecule has 182 valence electrons. The molecule has 1 heterocycles. The van der Waals surface area contributed by atoms with Crippen LogP contribution in [-0.4, -0.2) is 46.5 Å². The largest absolute Gasteiger partial charge is 0.478 e. The van der Waals surface area contributed by atoms with Crippen LogP contribution < -0.4 is 4.90 Å². The van der Waals surface area contributed by atoms with Crippen molar-refractivity contribution in [3.05, 3.63) is 94.5 Å². The minimum absolute atomic E-state index is 0.0543. The molecule has 1 atom stereocenters. The summed E-state index contributed by atoms with van der Waals surface area (Å²) in [5.41, 5.74) is 0.821. The number of ketones is 1. The van der Waals surface area contributed by atoms with Gasteiger partial charge in [-0.05, 0) is 60.7 Å². The van der Waals surface area contributed by atoms with E-state index in [0.29, 0.717) is 15.5 Å². The SMILES string of the molecule is O=C(COC(=O)c1ccc(N2C(=O)CC(Sc3ccccc3C(=O)O)C2=O)cc1)c1ccc(Cl)cc1. The molecule has 2 amide bonds. The van der Waals surface area contributed by atoms with Crippen molar-refractivity contribution >= 4 is 58.6 Å². The van der Waals surface area contributed by atoms with Crippen LogP contribution in [0.4, 0.5) is 5.69 Å². The third kappa shape index (κ3) is 5.48. The maximum absolute atomic E-state index is 13.0. The van der Waals surface area contributed by atoms with Gasteiger partial charge in [0.25, 0.3) is 0 Å². The predicted molar refractivity (Wildman–Crippen MR) is 133 cm³/mol. The van der Waals surface area contributed by atoms with Gasteiger partial charge in [-0.15, -0.1) is 11.8 Å². The van der Waals surface area contributed by atoms with Crippen molar-refractivity contribution in [3.8, 4) is 0 Å². The Balaban J connectivity index is 1.40. The Hall–Kier alpha value is -3.95. The Kier molecular flexibility index (Phi) is 7.52. The molecule has 1 aliphatic heterocycles. The highest BCUT2D eigenvalue weighted by atomic mass is 35.5. The van der Waals surface area contributed by atoms with Crippen LogP contribution in [0.5, 0.6) is 0 Å². The van der Waals surface area contributed by atoms with Gasteiger partial charge in [0.2, 0.25) is 11.8 Å². The number of anilines is 1. The van der Waals surface area contributed by atoms with Crippen molar-refractivity contribution in [2.45, 2.75) is 16.6 Å². The maximum Gasteiger partial charge on any atom is 0.338 e. The van der Waals surface area contributed by atoms with E-state index < -0.39 is 41.4 Å². The molecule has 1 fully saturated rings. The number of halogens is 1. The first-order valence-electron chi connectivity index (χ1n) is 10.7. The van der Waals surface area contributed by atoms with Gasteiger partial charge in [-0.25, -0.2) is 14.5 Å². The highest BCUT2D eigenvalue weighted by Gasteiger charge is 2.40. The molecular formula is C26H18ClNO7S. The van der Waals surface area contributed by atoms with Gasteiger partial charge in [0.05, 0.1) is 22.1 Å². The van der Waals surface area contributed by atoms with Gasteiger partial charge in [0, 0.05) is 21.9 Å². The molecule has 1 saturated heterocycles. The maximum atomic E-state index is 13.0. The van der Waals surface area contributed by atoms with Crippen molar-refractivity contribution in [2.24, 2.45) is 0 Å². The molecule has 3 aromatic rings. The molecule has 8 nitrogen and oxygen atoms in total. The Labute approximate surface area is 214 Å². The van der Waals surface area contributed by atoms with Crippen molar-refractivity contribution in [1.29, 1.82) is 0 Å². The number of carbonyl (C=O) groups excluding carboxylic acids is 4. The summed E-state index contributed by atoms with van der Waals surface area (Å²) in [6.45, 7) is -0.456. The molecule has 0 bridgehead atoms. The molecule has 0 aromatic heterocycles. The second-order valence-corrected chi connectivity index (χ2v) is 9.41. The molecular weight excluding hydrogens is 506 g/mol. The number of aromatic carboxylic acids is 1. The van der Waals surface area contributed by atoms with E-state index in [9.17, 15) is 29.1 Å². The number of amides is 2. The smallest absolute Gasteiger partial charge is 0.338 e. The summed E-state index contributed by atoms with van der Waals surface area (Å²) in [6, 6.07) is 18.1. The van der Waals surface area contributed by atoms with Crippen LogP contribution >= 0.6 is 23.4 Å². The zero-order valence-corrected chi connectivity index (χ0v) is 20.1. The Morgan fingerprint density at radius 1 is 0.944 bits per heavy atom. The van der Waals surface area contributed by atoms with E-state index in [1.807, 2.05) is 0 Å². The van der Waals surface area contributed by atoms with E-state index >= 15 is 0 Å².